The Bertz CT molecular complexity index is 738. The number of carbonyl (C=O) groups is 2. The van der Waals surface area contributed by atoms with Gasteiger partial charge in [0.25, 0.3) is 11.8 Å². The van der Waals surface area contributed by atoms with E-state index >= 15 is 0 Å². The molecule has 5 heteroatoms. The second kappa shape index (κ2) is 7.93. The maximum Gasteiger partial charge on any atom is 0.261 e. The molecule has 0 bridgehead atoms. The molecule has 1 unspecified atom stereocenters. The third kappa shape index (κ3) is 3.99. The highest BCUT2D eigenvalue weighted by molar-refractivity contribution is 9.10. The highest BCUT2D eigenvalue weighted by Crippen LogP contribution is 2.23. The number of imide groups is 1. The van der Waals surface area contributed by atoms with E-state index in [0.29, 0.717) is 17.7 Å². The number of fused-ring (bicyclic) bond motifs is 1. The topological polar surface area (TPSA) is 46.6 Å². The lowest BCUT2D eigenvalue weighted by Gasteiger charge is -2.18. The molecule has 0 saturated heterocycles. The van der Waals surface area contributed by atoms with Crippen LogP contribution < -0.4 is 0 Å². The van der Waals surface area contributed by atoms with Gasteiger partial charge in [-0.05, 0) is 49.1 Å². The van der Waals surface area contributed by atoms with Gasteiger partial charge in [-0.2, -0.15) is 0 Å². The zero-order chi connectivity index (χ0) is 17.8. The number of hydrogen-bond acceptors (Lipinski definition) is 3. The molecule has 0 fully saturated rings. The van der Waals surface area contributed by atoms with Gasteiger partial charge in [-0.1, -0.05) is 40.2 Å². The fourth-order valence-electron chi connectivity index (χ4n) is 3.11. The van der Waals surface area contributed by atoms with Crippen molar-refractivity contribution >= 4 is 27.7 Å². The average molecular weight is 402 g/mol. The molecule has 0 radical (unpaired) electrons. The zero-order valence-corrected chi connectivity index (χ0v) is 15.7. The van der Waals surface area contributed by atoms with E-state index in [4.69, 9.17) is 4.74 Å². The van der Waals surface area contributed by atoms with Crippen molar-refractivity contribution < 1.29 is 14.3 Å². The number of hydrogen-bond donors (Lipinski definition) is 0. The highest BCUT2D eigenvalue weighted by atomic mass is 79.9. The van der Waals surface area contributed by atoms with Crippen LogP contribution in [0.4, 0.5) is 0 Å². The van der Waals surface area contributed by atoms with Crippen LogP contribution in [-0.4, -0.2) is 36.5 Å². The van der Waals surface area contributed by atoms with Crippen LogP contribution in [0.5, 0.6) is 0 Å². The van der Waals surface area contributed by atoms with Gasteiger partial charge in [0.1, 0.15) is 0 Å². The zero-order valence-electron chi connectivity index (χ0n) is 14.1. The summed E-state index contributed by atoms with van der Waals surface area (Å²) in [5.74, 6) is -0.384. The van der Waals surface area contributed by atoms with Crippen molar-refractivity contribution in [3.8, 4) is 0 Å². The molecule has 1 aliphatic rings. The largest absolute Gasteiger partial charge is 0.381 e. The Kier molecular flexibility index (Phi) is 5.66. The molecule has 1 atom stereocenters. The summed E-state index contributed by atoms with van der Waals surface area (Å²) in [4.78, 5) is 26.0. The van der Waals surface area contributed by atoms with Crippen molar-refractivity contribution in [1.29, 1.82) is 0 Å². The summed E-state index contributed by atoms with van der Waals surface area (Å²) in [5.41, 5.74) is 2.21. The smallest absolute Gasteiger partial charge is 0.261 e. The first-order valence-corrected chi connectivity index (χ1v) is 9.12. The highest BCUT2D eigenvalue weighted by Gasteiger charge is 2.34. The van der Waals surface area contributed by atoms with Crippen molar-refractivity contribution in [3.63, 3.8) is 0 Å². The van der Waals surface area contributed by atoms with Gasteiger partial charge in [0, 0.05) is 18.1 Å². The average Bonchev–Trinajstić information content (AvgIpc) is 2.87. The Morgan fingerprint density at radius 2 is 1.60 bits per heavy atom. The summed E-state index contributed by atoms with van der Waals surface area (Å²) < 4.78 is 6.62. The Labute approximate surface area is 155 Å². The molecular weight excluding hydrogens is 382 g/mol. The van der Waals surface area contributed by atoms with E-state index in [-0.39, 0.29) is 17.9 Å². The van der Waals surface area contributed by atoms with Crippen molar-refractivity contribution in [2.24, 2.45) is 0 Å². The Morgan fingerprint density at radius 3 is 2.16 bits per heavy atom. The maximum atomic E-state index is 12.3. The minimum atomic E-state index is -0.192. The maximum absolute atomic E-state index is 12.3. The molecule has 0 saturated carbocycles. The molecule has 1 aliphatic heterocycles. The molecule has 2 aromatic carbocycles. The molecule has 2 amide bonds. The van der Waals surface area contributed by atoms with Gasteiger partial charge >= 0.3 is 0 Å². The third-order valence-corrected chi connectivity index (χ3v) is 5.02. The molecule has 25 heavy (non-hydrogen) atoms. The molecule has 0 aliphatic carbocycles. The Morgan fingerprint density at radius 1 is 1.00 bits per heavy atom. The van der Waals surface area contributed by atoms with Crippen molar-refractivity contribution in [2.75, 3.05) is 13.7 Å². The van der Waals surface area contributed by atoms with E-state index in [2.05, 4.69) is 28.1 Å². The molecule has 0 spiro atoms. The van der Waals surface area contributed by atoms with Crippen molar-refractivity contribution in [3.05, 3.63) is 69.7 Å². The van der Waals surface area contributed by atoms with Gasteiger partial charge in [-0.25, -0.2) is 0 Å². The molecular formula is C20H20BrNO3. The lowest BCUT2D eigenvalue weighted by molar-refractivity contribution is 0.0622. The van der Waals surface area contributed by atoms with Crippen LogP contribution in [0.15, 0.2) is 53.0 Å². The van der Waals surface area contributed by atoms with E-state index in [0.717, 1.165) is 23.7 Å². The fourth-order valence-corrected chi connectivity index (χ4v) is 3.37. The number of nitrogens with zero attached hydrogens (tertiary/aromatic N) is 1. The number of amides is 2. The second-order valence-corrected chi connectivity index (χ2v) is 7.05. The van der Waals surface area contributed by atoms with Gasteiger partial charge in [-0.3, -0.25) is 14.5 Å². The van der Waals surface area contributed by atoms with Crippen molar-refractivity contribution in [1.82, 2.24) is 4.90 Å². The van der Waals surface area contributed by atoms with Gasteiger partial charge in [0.15, 0.2) is 0 Å². The quantitative estimate of drug-likeness (QED) is 0.656. The molecule has 2 aromatic rings. The fraction of sp³-hybridized carbons (Fsp3) is 0.300. The molecule has 1 heterocycles. The van der Waals surface area contributed by atoms with Crippen LogP contribution in [0.2, 0.25) is 0 Å². The first kappa shape index (κ1) is 17.8. The minimum absolute atomic E-state index is 0.0661. The summed E-state index contributed by atoms with van der Waals surface area (Å²) in [5, 5.41) is 0. The van der Waals surface area contributed by atoms with E-state index in [1.54, 1.807) is 31.4 Å². The predicted molar refractivity (Wildman–Crippen MR) is 99.7 cm³/mol. The molecule has 3 rings (SSSR count). The van der Waals surface area contributed by atoms with Gasteiger partial charge in [0.05, 0.1) is 17.2 Å². The molecule has 4 nitrogen and oxygen atoms in total. The number of rotatable bonds is 7. The Balaban J connectivity index is 1.54. The molecule has 130 valence electrons. The third-order valence-electron chi connectivity index (χ3n) is 4.50. The first-order chi connectivity index (χ1) is 12.1. The predicted octanol–water partition coefficient (Wildman–Crippen LogP) is 4.08. The number of methoxy groups -OCH3 is 1. The van der Waals surface area contributed by atoms with Crippen LogP contribution in [0, 0.1) is 0 Å². The summed E-state index contributed by atoms with van der Waals surface area (Å²) in [6, 6.07) is 15.2. The number of benzene rings is 2. The SMILES string of the molecule is COC(CCCN1C(=O)c2ccccc2C1=O)Cc1ccc(Br)cc1. The van der Waals surface area contributed by atoms with E-state index in [1.165, 1.54) is 10.5 Å². The molecule has 0 N–H and O–H groups in total. The Hall–Kier alpha value is -1.98. The van der Waals surface area contributed by atoms with Crippen LogP contribution in [-0.2, 0) is 11.2 Å². The monoisotopic (exact) mass is 401 g/mol. The van der Waals surface area contributed by atoms with E-state index < -0.39 is 0 Å². The first-order valence-electron chi connectivity index (χ1n) is 8.32. The van der Waals surface area contributed by atoms with Crippen LogP contribution in [0.3, 0.4) is 0 Å². The van der Waals surface area contributed by atoms with E-state index in [1.807, 2.05) is 12.1 Å². The van der Waals surface area contributed by atoms with E-state index in [9.17, 15) is 9.59 Å². The number of halogens is 1. The summed E-state index contributed by atoms with van der Waals surface area (Å²) >= 11 is 3.43. The van der Waals surface area contributed by atoms with Gasteiger partial charge in [-0.15, -0.1) is 0 Å². The lowest BCUT2D eigenvalue weighted by Crippen LogP contribution is -2.31. The summed E-state index contributed by atoms with van der Waals surface area (Å²) in [6.07, 6.45) is 2.39. The van der Waals surface area contributed by atoms with Gasteiger partial charge < -0.3 is 4.74 Å². The number of ether oxygens (including phenoxy) is 1. The van der Waals surface area contributed by atoms with Crippen LogP contribution in [0.1, 0.15) is 39.1 Å². The number of carbonyl (C=O) groups excluding carboxylic acids is 2. The lowest BCUT2D eigenvalue weighted by atomic mass is 10.0. The summed E-state index contributed by atoms with van der Waals surface area (Å²) in [6.45, 7) is 0.423. The normalized spacial score (nSPS) is 14.7. The minimum Gasteiger partial charge on any atom is -0.381 e. The van der Waals surface area contributed by atoms with Crippen LogP contribution in [0.25, 0.3) is 0 Å². The molecule has 0 aromatic heterocycles. The van der Waals surface area contributed by atoms with Crippen LogP contribution >= 0.6 is 15.9 Å². The van der Waals surface area contributed by atoms with Gasteiger partial charge in [0.2, 0.25) is 0 Å². The second-order valence-electron chi connectivity index (χ2n) is 6.14. The van der Waals surface area contributed by atoms with Crippen molar-refractivity contribution in [2.45, 2.75) is 25.4 Å². The standard InChI is InChI=1S/C20H20BrNO3/c1-25-16(13-14-8-10-15(21)11-9-14)5-4-12-22-19(23)17-6-2-3-7-18(17)20(22)24/h2-3,6-11,16H,4-5,12-13H2,1H3. The summed E-state index contributed by atoms with van der Waals surface area (Å²) in [7, 11) is 1.70.